The van der Waals surface area contributed by atoms with Gasteiger partial charge >= 0.3 is 0 Å². The number of carbonyl (C=O) groups excluding carboxylic acids is 1. The minimum atomic E-state index is -0.0481. The lowest BCUT2D eigenvalue weighted by Gasteiger charge is -2.18. The van der Waals surface area contributed by atoms with Crippen LogP contribution in [-0.2, 0) is 16.1 Å². The van der Waals surface area contributed by atoms with Crippen LogP contribution in [-0.4, -0.2) is 31.3 Å². The van der Waals surface area contributed by atoms with Crippen LogP contribution in [0.15, 0.2) is 18.2 Å². The number of rotatable bonds is 5. The van der Waals surface area contributed by atoms with E-state index in [0.717, 1.165) is 49.2 Å². The maximum Gasteiger partial charge on any atom is 0.224 e. The summed E-state index contributed by atoms with van der Waals surface area (Å²) in [5.41, 5.74) is 8.16. The van der Waals surface area contributed by atoms with Gasteiger partial charge in [-0.15, -0.1) is 0 Å². The lowest BCUT2D eigenvalue weighted by Crippen LogP contribution is -2.38. The third-order valence-corrected chi connectivity index (χ3v) is 4.76. The Balaban J connectivity index is 1.63. The highest BCUT2D eigenvalue weighted by molar-refractivity contribution is 5.79. The van der Waals surface area contributed by atoms with E-state index in [4.69, 9.17) is 15.2 Å². The highest BCUT2D eigenvalue weighted by Crippen LogP contribution is 2.26. The second kappa shape index (κ2) is 7.32. The first-order chi connectivity index (χ1) is 11.1. The Morgan fingerprint density at radius 2 is 2.26 bits per heavy atom. The molecule has 1 aliphatic carbocycles. The maximum absolute atomic E-state index is 12.3. The van der Waals surface area contributed by atoms with Crippen LogP contribution in [0.5, 0.6) is 5.75 Å². The summed E-state index contributed by atoms with van der Waals surface area (Å²) in [6.45, 7) is 3.90. The van der Waals surface area contributed by atoms with Crippen LogP contribution in [0.4, 0.5) is 0 Å². The van der Waals surface area contributed by atoms with Crippen molar-refractivity contribution in [3.63, 3.8) is 0 Å². The molecule has 0 spiro atoms. The van der Waals surface area contributed by atoms with E-state index >= 15 is 0 Å². The average molecular weight is 318 g/mol. The lowest BCUT2D eigenvalue weighted by molar-refractivity contribution is -0.125. The highest BCUT2D eigenvalue weighted by atomic mass is 16.5. The van der Waals surface area contributed by atoms with Crippen molar-refractivity contribution in [2.45, 2.75) is 51.3 Å². The number of nitrogens with two attached hydrogens (primary N) is 1. The number of nitrogens with one attached hydrogen (secondary N) is 1. The zero-order chi connectivity index (χ0) is 16.2. The zero-order valence-corrected chi connectivity index (χ0v) is 13.7. The Hall–Kier alpha value is -1.59. The molecular formula is C18H26N2O3. The Labute approximate surface area is 137 Å². The van der Waals surface area contributed by atoms with Gasteiger partial charge in [0, 0.05) is 24.6 Å². The predicted molar refractivity (Wildman–Crippen MR) is 88.2 cm³/mol. The van der Waals surface area contributed by atoms with E-state index in [-0.39, 0.29) is 24.0 Å². The third kappa shape index (κ3) is 4.03. The van der Waals surface area contributed by atoms with Crippen molar-refractivity contribution in [3.8, 4) is 5.75 Å². The molecule has 0 bridgehead atoms. The molecule has 1 aromatic carbocycles. The summed E-state index contributed by atoms with van der Waals surface area (Å²) in [7, 11) is 0. The van der Waals surface area contributed by atoms with Crippen LogP contribution in [0.3, 0.4) is 0 Å². The Morgan fingerprint density at radius 3 is 2.96 bits per heavy atom. The molecule has 1 heterocycles. The number of ether oxygens (including phenoxy) is 2. The lowest BCUT2D eigenvalue weighted by atomic mass is 10.0. The molecule has 0 unspecified atom stereocenters. The quantitative estimate of drug-likeness (QED) is 0.870. The number of hydrogen-bond acceptors (Lipinski definition) is 4. The van der Waals surface area contributed by atoms with Crippen molar-refractivity contribution in [2.75, 3.05) is 13.2 Å². The molecule has 1 amide bonds. The highest BCUT2D eigenvalue weighted by Gasteiger charge is 2.30. The minimum Gasteiger partial charge on any atom is -0.488 e. The molecule has 5 heteroatoms. The minimum absolute atomic E-state index is 0.000578. The molecule has 23 heavy (non-hydrogen) atoms. The number of hydrogen-bond donors (Lipinski definition) is 2. The fourth-order valence-electron chi connectivity index (χ4n) is 3.33. The van der Waals surface area contributed by atoms with Crippen LogP contribution in [0, 0.1) is 12.8 Å². The van der Waals surface area contributed by atoms with Crippen molar-refractivity contribution < 1.29 is 14.3 Å². The summed E-state index contributed by atoms with van der Waals surface area (Å²) in [6, 6.07) is 6.09. The van der Waals surface area contributed by atoms with Crippen LogP contribution in [0.2, 0.25) is 0 Å². The van der Waals surface area contributed by atoms with Crippen molar-refractivity contribution in [3.05, 3.63) is 29.3 Å². The van der Waals surface area contributed by atoms with Gasteiger partial charge in [0.15, 0.2) is 0 Å². The Morgan fingerprint density at radius 1 is 1.39 bits per heavy atom. The van der Waals surface area contributed by atoms with Gasteiger partial charge in [0.25, 0.3) is 0 Å². The van der Waals surface area contributed by atoms with Crippen LogP contribution in [0.25, 0.3) is 0 Å². The van der Waals surface area contributed by atoms with E-state index < -0.39 is 0 Å². The molecule has 3 atom stereocenters. The van der Waals surface area contributed by atoms with Gasteiger partial charge < -0.3 is 20.5 Å². The first kappa shape index (κ1) is 16.3. The number of aryl methyl sites for hydroxylation is 1. The van der Waals surface area contributed by atoms with Gasteiger partial charge in [-0.2, -0.15) is 0 Å². The van der Waals surface area contributed by atoms with E-state index in [2.05, 4.69) is 5.32 Å². The van der Waals surface area contributed by atoms with E-state index in [1.54, 1.807) is 0 Å². The molecule has 2 fully saturated rings. The molecule has 1 saturated carbocycles. The summed E-state index contributed by atoms with van der Waals surface area (Å²) in [4.78, 5) is 12.3. The summed E-state index contributed by atoms with van der Waals surface area (Å²) in [5, 5.41) is 3.03. The van der Waals surface area contributed by atoms with Crippen molar-refractivity contribution in [1.29, 1.82) is 0 Å². The van der Waals surface area contributed by atoms with Gasteiger partial charge in [0.2, 0.25) is 5.91 Å². The smallest absolute Gasteiger partial charge is 0.224 e. The summed E-state index contributed by atoms with van der Waals surface area (Å²) in [6.07, 6.45) is 3.90. The molecular weight excluding hydrogens is 292 g/mol. The van der Waals surface area contributed by atoms with E-state index in [0.29, 0.717) is 13.2 Å². The van der Waals surface area contributed by atoms with Gasteiger partial charge in [-0.05, 0) is 31.4 Å². The monoisotopic (exact) mass is 318 g/mol. The van der Waals surface area contributed by atoms with Gasteiger partial charge in [0.1, 0.15) is 11.9 Å². The maximum atomic E-state index is 12.3. The number of benzene rings is 1. The molecule has 3 rings (SSSR count). The normalized spacial score (nSPS) is 27.1. The zero-order valence-electron chi connectivity index (χ0n) is 13.7. The summed E-state index contributed by atoms with van der Waals surface area (Å²) in [5.74, 6) is 0.857. The van der Waals surface area contributed by atoms with Gasteiger partial charge in [-0.1, -0.05) is 18.6 Å². The molecule has 126 valence electrons. The van der Waals surface area contributed by atoms with Crippen LogP contribution >= 0.6 is 0 Å². The number of carbonyl (C=O) groups is 1. The first-order valence-electron chi connectivity index (χ1n) is 8.50. The van der Waals surface area contributed by atoms with Crippen molar-refractivity contribution in [2.24, 2.45) is 11.7 Å². The van der Waals surface area contributed by atoms with Crippen molar-refractivity contribution >= 4 is 5.91 Å². The molecule has 1 aliphatic heterocycles. The second-order valence-corrected chi connectivity index (χ2v) is 6.63. The molecule has 1 saturated heterocycles. The van der Waals surface area contributed by atoms with Gasteiger partial charge in [-0.25, -0.2) is 0 Å². The topological polar surface area (TPSA) is 73.6 Å². The van der Waals surface area contributed by atoms with Crippen LogP contribution < -0.4 is 15.8 Å². The standard InChI is InChI=1S/C18H26N2O3/c1-12-5-6-13(17(9-12)23-14-7-8-22-11-14)10-20-18(21)15-3-2-4-16(15)19/h5-6,9,14-16H,2-4,7-8,10-11,19H2,1H3,(H,20,21)/t14-,15+,16+/m0/s1. The molecule has 2 aliphatic rings. The fourth-order valence-corrected chi connectivity index (χ4v) is 3.33. The molecule has 0 radical (unpaired) electrons. The molecule has 1 aromatic rings. The van der Waals surface area contributed by atoms with E-state index in [9.17, 15) is 4.79 Å². The average Bonchev–Trinajstić information content (AvgIpc) is 3.18. The summed E-state index contributed by atoms with van der Waals surface area (Å²) < 4.78 is 11.4. The summed E-state index contributed by atoms with van der Waals surface area (Å²) >= 11 is 0. The van der Waals surface area contributed by atoms with Crippen molar-refractivity contribution in [1.82, 2.24) is 5.32 Å². The predicted octanol–water partition coefficient (Wildman–Crippen LogP) is 1.91. The van der Waals surface area contributed by atoms with E-state index in [1.807, 2.05) is 25.1 Å². The SMILES string of the molecule is Cc1ccc(CNC(=O)[C@@H]2CCC[C@H]2N)c(O[C@H]2CCOC2)c1. The Bertz CT molecular complexity index is 555. The van der Waals surface area contributed by atoms with Gasteiger partial charge in [-0.3, -0.25) is 4.79 Å². The van der Waals surface area contributed by atoms with Gasteiger partial charge in [0.05, 0.1) is 19.1 Å². The molecule has 5 nitrogen and oxygen atoms in total. The second-order valence-electron chi connectivity index (χ2n) is 6.63. The van der Waals surface area contributed by atoms with E-state index in [1.165, 1.54) is 0 Å². The van der Waals surface area contributed by atoms with Crippen LogP contribution in [0.1, 0.15) is 36.8 Å². The first-order valence-corrected chi connectivity index (χ1v) is 8.50. The third-order valence-electron chi connectivity index (χ3n) is 4.76. The fraction of sp³-hybridized carbons (Fsp3) is 0.611. The molecule has 3 N–H and O–H groups in total. The molecule has 0 aromatic heterocycles. The number of amides is 1. The Kier molecular flexibility index (Phi) is 5.18. The largest absolute Gasteiger partial charge is 0.488 e.